The van der Waals surface area contributed by atoms with E-state index in [0.29, 0.717) is 11.8 Å². The molecule has 2 N–H and O–H groups in total. The van der Waals surface area contributed by atoms with Crippen LogP contribution in [0.3, 0.4) is 0 Å². The summed E-state index contributed by atoms with van der Waals surface area (Å²) in [5.74, 6) is 0.981. The van der Waals surface area contributed by atoms with E-state index in [4.69, 9.17) is 0 Å². The molecule has 104 valence electrons. The zero-order valence-electron chi connectivity index (χ0n) is 11.8. The second-order valence-corrected chi connectivity index (χ2v) is 6.55. The molecule has 1 saturated carbocycles. The molecule has 2 rings (SSSR count). The SMILES string of the molecule is CC1(CNC(=O)CCC2CCNC2)CCCCC1. The summed E-state index contributed by atoms with van der Waals surface area (Å²) in [5, 5.41) is 6.51. The highest BCUT2D eigenvalue weighted by Gasteiger charge is 2.27. The fraction of sp³-hybridized carbons (Fsp3) is 0.933. The van der Waals surface area contributed by atoms with E-state index in [9.17, 15) is 4.79 Å². The van der Waals surface area contributed by atoms with Gasteiger partial charge in [-0.3, -0.25) is 4.79 Å². The van der Waals surface area contributed by atoms with Gasteiger partial charge in [-0.15, -0.1) is 0 Å². The molecule has 3 nitrogen and oxygen atoms in total. The fourth-order valence-electron chi connectivity index (χ4n) is 3.28. The van der Waals surface area contributed by atoms with Crippen LogP contribution in [-0.4, -0.2) is 25.5 Å². The number of carbonyl (C=O) groups is 1. The molecular formula is C15H28N2O. The summed E-state index contributed by atoms with van der Waals surface area (Å²) in [6, 6.07) is 0. The first kappa shape index (κ1) is 13.9. The average Bonchev–Trinajstić information content (AvgIpc) is 2.88. The van der Waals surface area contributed by atoms with Crippen LogP contribution >= 0.6 is 0 Å². The van der Waals surface area contributed by atoms with Gasteiger partial charge < -0.3 is 10.6 Å². The van der Waals surface area contributed by atoms with Gasteiger partial charge in [0, 0.05) is 13.0 Å². The summed E-state index contributed by atoms with van der Waals surface area (Å²) >= 11 is 0. The molecule has 1 unspecified atom stereocenters. The predicted octanol–water partition coefficient (Wildman–Crippen LogP) is 2.46. The fourth-order valence-corrected chi connectivity index (χ4v) is 3.28. The molecule has 1 aliphatic carbocycles. The van der Waals surface area contributed by atoms with Crippen LogP contribution in [0.5, 0.6) is 0 Å². The minimum Gasteiger partial charge on any atom is -0.356 e. The Hall–Kier alpha value is -0.570. The van der Waals surface area contributed by atoms with Crippen LogP contribution in [0.1, 0.15) is 58.3 Å². The van der Waals surface area contributed by atoms with Crippen LogP contribution in [-0.2, 0) is 4.79 Å². The Kier molecular flexibility index (Phi) is 5.04. The van der Waals surface area contributed by atoms with Crippen LogP contribution in [0, 0.1) is 11.3 Å². The van der Waals surface area contributed by atoms with Crippen molar-refractivity contribution in [1.82, 2.24) is 10.6 Å². The number of nitrogens with one attached hydrogen (secondary N) is 2. The molecular weight excluding hydrogens is 224 g/mol. The van der Waals surface area contributed by atoms with Crippen molar-refractivity contribution in [2.24, 2.45) is 11.3 Å². The molecule has 1 atom stereocenters. The van der Waals surface area contributed by atoms with Gasteiger partial charge >= 0.3 is 0 Å². The van der Waals surface area contributed by atoms with Gasteiger partial charge in [-0.25, -0.2) is 0 Å². The van der Waals surface area contributed by atoms with Crippen molar-refractivity contribution < 1.29 is 4.79 Å². The molecule has 18 heavy (non-hydrogen) atoms. The summed E-state index contributed by atoms with van der Waals surface area (Å²) < 4.78 is 0. The third-order valence-corrected chi connectivity index (χ3v) is 4.72. The lowest BCUT2D eigenvalue weighted by molar-refractivity contribution is -0.122. The van der Waals surface area contributed by atoms with Gasteiger partial charge in [0.1, 0.15) is 0 Å². The van der Waals surface area contributed by atoms with Crippen LogP contribution in [0.15, 0.2) is 0 Å². The second-order valence-electron chi connectivity index (χ2n) is 6.55. The van der Waals surface area contributed by atoms with Crippen molar-refractivity contribution >= 4 is 5.91 Å². The minimum atomic E-state index is 0.258. The average molecular weight is 252 g/mol. The molecule has 2 aliphatic rings. The maximum Gasteiger partial charge on any atom is 0.220 e. The molecule has 0 aromatic heterocycles. The van der Waals surface area contributed by atoms with E-state index >= 15 is 0 Å². The second kappa shape index (κ2) is 6.55. The van der Waals surface area contributed by atoms with Crippen molar-refractivity contribution in [1.29, 1.82) is 0 Å². The highest BCUT2D eigenvalue weighted by Crippen LogP contribution is 2.34. The van der Waals surface area contributed by atoms with Crippen molar-refractivity contribution in [2.75, 3.05) is 19.6 Å². The molecule has 3 heteroatoms. The maximum atomic E-state index is 11.9. The normalized spacial score (nSPS) is 27.1. The first-order valence-corrected chi connectivity index (χ1v) is 7.65. The van der Waals surface area contributed by atoms with Crippen molar-refractivity contribution in [2.45, 2.75) is 58.3 Å². The van der Waals surface area contributed by atoms with E-state index in [1.807, 2.05) is 0 Å². The van der Waals surface area contributed by atoms with E-state index < -0.39 is 0 Å². The lowest BCUT2D eigenvalue weighted by atomic mass is 9.76. The van der Waals surface area contributed by atoms with Crippen LogP contribution in [0.2, 0.25) is 0 Å². The molecule has 2 fully saturated rings. The highest BCUT2D eigenvalue weighted by molar-refractivity contribution is 5.75. The molecule has 0 radical (unpaired) electrons. The van der Waals surface area contributed by atoms with Crippen molar-refractivity contribution in [3.63, 3.8) is 0 Å². The van der Waals surface area contributed by atoms with Gasteiger partial charge in [-0.1, -0.05) is 26.2 Å². The minimum absolute atomic E-state index is 0.258. The topological polar surface area (TPSA) is 41.1 Å². The van der Waals surface area contributed by atoms with E-state index in [-0.39, 0.29) is 5.91 Å². The largest absolute Gasteiger partial charge is 0.356 e. The summed E-state index contributed by atoms with van der Waals surface area (Å²) in [6.07, 6.45) is 9.60. The number of carbonyl (C=O) groups excluding carboxylic acids is 1. The summed E-state index contributed by atoms with van der Waals surface area (Å²) in [7, 11) is 0. The molecule has 0 aromatic carbocycles. The Bertz CT molecular complexity index is 266. The molecule has 0 aromatic rings. The third kappa shape index (κ3) is 4.27. The number of amides is 1. The van der Waals surface area contributed by atoms with Gasteiger partial charge in [-0.05, 0) is 50.1 Å². The van der Waals surface area contributed by atoms with Gasteiger partial charge in [0.25, 0.3) is 0 Å². The van der Waals surface area contributed by atoms with Crippen LogP contribution in [0.25, 0.3) is 0 Å². The van der Waals surface area contributed by atoms with Crippen molar-refractivity contribution in [3.8, 4) is 0 Å². The van der Waals surface area contributed by atoms with Crippen LogP contribution < -0.4 is 10.6 Å². The van der Waals surface area contributed by atoms with Gasteiger partial charge in [0.15, 0.2) is 0 Å². The zero-order valence-corrected chi connectivity index (χ0v) is 11.8. The van der Waals surface area contributed by atoms with Gasteiger partial charge in [-0.2, -0.15) is 0 Å². The molecule has 1 amide bonds. The van der Waals surface area contributed by atoms with E-state index in [1.165, 1.54) is 38.5 Å². The predicted molar refractivity (Wildman–Crippen MR) is 74.4 cm³/mol. The Balaban J connectivity index is 1.61. The molecule has 1 saturated heterocycles. The first-order valence-electron chi connectivity index (χ1n) is 7.65. The van der Waals surface area contributed by atoms with Crippen molar-refractivity contribution in [3.05, 3.63) is 0 Å². The smallest absolute Gasteiger partial charge is 0.220 e. The summed E-state index contributed by atoms with van der Waals surface area (Å²) in [4.78, 5) is 11.9. The Morgan fingerprint density at radius 2 is 2.11 bits per heavy atom. The number of hydrogen-bond acceptors (Lipinski definition) is 2. The Morgan fingerprint density at radius 3 is 2.78 bits per heavy atom. The molecule has 1 aliphatic heterocycles. The molecule has 0 spiro atoms. The highest BCUT2D eigenvalue weighted by atomic mass is 16.1. The molecule has 0 bridgehead atoms. The Morgan fingerprint density at radius 1 is 1.33 bits per heavy atom. The number of hydrogen-bond donors (Lipinski definition) is 2. The number of rotatable bonds is 5. The zero-order chi connectivity index (χ0) is 12.8. The molecule has 1 heterocycles. The lowest BCUT2D eigenvalue weighted by Crippen LogP contribution is -2.37. The van der Waals surface area contributed by atoms with E-state index in [2.05, 4.69) is 17.6 Å². The summed E-state index contributed by atoms with van der Waals surface area (Å²) in [5.41, 5.74) is 0.364. The van der Waals surface area contributed by atoms with Crippen LogP contribution in [0.4, 0.5) is 0 Å². The first-order chi connectivity index (χ1) is 8.68. The standard InChI is InChI=1S/C15H28N2O/c1-15(8-3-2-4-9-15)12-17-14(18)6-5-13-7-10-16-11-13/h13,16H,2-12H2,1H3,(H,17,18). The van der Waals surface area contributed by atoms with E-state index in [0.717, 1.165) is 32.0 Å². The third-order valence-electron chi connectivity index (χ3n) is 4.72. The maximum absolute atomic E-state index is 11.9. The monoisotopic (exact) mass is 252 g/mol. The summed E-state index contributed by atoms with van der Waals surface area (Å²) in [6.45, 7) is 5.44. The quantitative estimate of drug-likeness (QED) is 0.789. The van der Waals surface area contributed by atoms with E-state index in [1.54, 1.807) is 0 Å². The lowest BCUT2D eigenvalue weighted by Gasteiger charge is -2.33. The van der Waals surface area contributed by atoms with Gasteiger partial charge in [0.05, 0.1) is 0 Å². The Labute approximate surface area is 111 Å². The van der Waals surface area contributed by atoms with Gasteiger partial charge in [0.2, 0.25) is 5.91 Å².